The van der Waals surface area contributed by atoms with Crippen LogP contribution in [0.25, 0.3) is 11.3 Å². The number of benzene rings is 2. The third-order valence-corrected chi connectivity index (χ3v) is 3.83. The van der Waals surface area contributed by atoms with Crippen LogP contribution in [-0.2, 0) is 6.42 Å². The quantitative estimate of drug-likeness (QED) is 0.625. The van der Waals surface area contributed by atoms with E-state index in [2.05, 4.69) is 27.9 Å². The van der Waals surface area contributed by atoms with E-state index in [1.54, 1.807) is 6.07 Å². The van der Waals surface area contributed by atoms with Gasteiger partial charge in [-0.1, -0.05) is 65.8 Å². The topological polar surface area (TPSA) is 67.2 Å². The van der Waals surface area contributed by atoms with Gasteiger partial charge in [0.05, 0.1) is 0 Å². The Kier molecular flexibility index (Phi) is 5.82. The van der Waals surface area contributed by atoms with E-state index in [-0.39, 0.29) is 6.03 Å². The Morgan fingerprint density at radius 2 is 1.68 bits per heavy atom. The molecule has 1 aromatic heterocycles. The number of nitrogens with zero attached hydrogens (tertiary/aromatic N) is 1. The number of rotatable bonds is 7. The molecule has 1 heterocycles. The van der Waals surface area contributed by atoms with Crippen LogP contribution in [0.1, 0.15) is 18.4 Å². The molecule has 0 unspecified atom stereocenters. The predicted octanol–water partition coefficient (Wildman–Crippen LogP) is 4.49. The number of carbonyl (C=O) groups is 1. The molecule has 128 valence electrons. The van der Waals surface area contributed by atoms with Crippen LogP contribution in [-0.4, -0.2) is 17.7 Å². The van der Waals surface area contributed by atoms with E-state index >= 15 is 0 Å². The Morgan fingerprint density at radius 3 is 2.44 bits per heavy atom. The normalized spacial score (nSPS) is 10.4. The molecule has 0 aliphatic heterocycles. The summed E-state index contributed by atoms with van der Waals surface area (Å²) in [5.74, 6) is 1.03. The maximum atomic E-state index is 11.9. The first-order chi connectivity index (χ1) is 12.3. The van der Waals surface area contributed by atoms with E-state index in [1.165, 1.54) is 5.56 Å². The van der Waals surface area contributed by atoms with E-state index in [1.807, 2.05) is 48.5 Å². The van der Waals surface area contributed by atoms with Crippen LogP contribution < -0.4 is 10.6 Å². The summed E-state index contributed by atoms with van der Waals surface area (Å²) in [5.41, 5.74) is 2.24. The molecule has 5 nitrogen and oxygen atoms in total. The highest BCUT2D eigenvalue weighted by atomic mass is 16.5. The SMILES string of the molecule is O=C(NCCCCc1ccccc1)Nc1cc(-c2ccccc2)on1. The van der Waals surface area contributed by atoms with Gasteiger partial charge in [-0.15, -0.1) is 0 Å². The van der Waals surface area contributed by atoms with Gasteiger partial charge in [-0.3, -0.25) is 5.32 Å². The fraction of sp³-hybridized carbons (Fsp3) is 0.200. The molecule has 0 saturated carbocycles. The lowest BCUT2D eigenvalue weighted by atomic mass is 10.1. The van der Waals surface area contributed by atoms with Gasteiger partial charge < -0.3 is 9.84 Å². The molecule has 3 rings (SSSR count). The van der Waals surface area contributed by atoms with E-state index in [0.29, 0.717) is 18.1 Å². The van der Waals surface area contributed by atoms with Crippen molar-refractivity contribution in [3.63, 3.8) is 0 Å². The van der Waals surface area contributed by atoms with Gasteiger partial charge in [0.15, 0.2) is 11.6 Å². The maximum absolute atomic E-state index is 11.9. The van der Waals surface area contributed by atoms with E-state index in [4.69, 9.17) is 4.52 Å². The van der Waals surface area contributed by atoms with Crippen molar-refractivity contribution in [1.82, 2.24) is 10.5 Å². The first-order valence-electron chi connectivity index (χ1n) is 8.42. The molecule has 0 aliphatic carbocycles. The number of aryl methyl sites for hydroxylation is 1. The van der Waals surface area contributed by atoms with E-state index < -0.39 is 0 Å². The minimum Gasteiger partial charge on any atom is -0.354 e. The van der Waals surface area contributed by atoms with Crippen LogP contribution >= 0.6 is 0 Å². The number of nitrogens with one attached hydrogen (secondary N) is 2. The summed E-state index contributed by atoms with van der Waals surface area (Å²) in [7, 11) is 0. The summed E-state index contributed by atoms with van der Waals surface area (Å²) in [6, 6.07) is 21.4. The summed E-state index contributed by atoms with van der Waals surface area (Å²) in [6.45, 7) is 0.627. The Hall–Kier alpha value is -3.08. The van der Waals surface area contributed by atoms with Gasteiger partial charge in [0.2, 0.25) is 0 Å². The van der Waals surface area contributed by atoms with Crippen LogP contribution in [0.2, 0.25) is 0 Å². The number of carbonyl (C=O) groups excluding carboxylic acids is 1. The van der Waals surface area contributed by atoms with Crippen molar-refractivity contribution in [2.75, 3.05) is 11.9 Å². The zero-order valence-electron chi connectivity index (χ0n) is 13.9. The van der Waals surface area contributed by atoms with Crippen molar-refractivity contribution >= 4 is 11.8 Å². The lowest BCUT2D eigenvalue weighted by Gasteiger charge is -2.05. The first-order valence-corrected chi connectivity index (χ1v) is 8.42. The zero-order valence-corrected chi connectivity index (χ0v) is 13.9. The zero-order chi connectivity index (χ0) is 17.3. The molecule has 0 radical (unpaired) electrons. The highest BCUT2D eigenvalue weighted by Gasteiger charge is 2.08. The van der Waals surface area contributed by atoms with Gasteiger partial charge >= 0.3 is 6.03 Å². The average molecular weight is 335 g/mol. The van der Waals surface area contributed by atoms with Crippen molar-refractivity contribution in [3.8, 4) is 11.3 Å². The second-order valence-corrected chi connectivity index (χ2v) is 5.77. The van der Waals surface area contributed by atoms with Gasteiger partial charge in [-0.05, 0) is 24.8 Å². The van der Waals surface area contributed by atoms with Crippen LogP contribution in [0.3, 0.4) is 0 Å². The van der Waals surface area contributed by atoms with E-state index in [0.717, 1.165) is 24.8 Å². The summed E-state index contributed by atoms with van der Waals surface area (Å²) in [5, 5.41) is 9.39. The minimum absolute atomic E-state index is 0.271. The molecule has 0 bridgehead atoms. The second kappa shape index (κ2) is 8.68. The molecule has 5 heteroatoms. The van der Waals surface area contributed by atoms with Gasteiger partial charge in [0.25, 0.3) is 0 Å². The monoisotopic (exact) mass is 335 g/mol. The fourth-order valence-electron chi connectivity index (χ4n) is 2.53. The van der Waals surface area contributed by atoms with Crippen LogP contribution in [0.15, 0.2) is 71.3 Å². The smallest absolute Gasteiger partial charge is 0.320 e. The maximum Gasteiger partial charge on any atom is 0.320 e. The van der Waals surface area contributed by atoms with Crippen LogP contribution in [0.4, 0.5) is 10.6 Å². The number of aromatic nitrogens is 1. The predicted molar refractivity (Wildman–Crippen MR) is 98.3 cm³/mol. The molecule has 0 atom stereocenters. The second-order valence-electron chi connectivity index (χ2n) is 5.77. The van der Waals surface area contributed by atoms with Gasteiger partial charge in [0.1, 0.15) is 0 Å². The minimum atomic E-state index is -0.271. The number of urea groups is 1. The van der Waals surface area contributed by atoms with Crippen LogP contribution in [0, 0.1) is 0 Å². The van der Waals surface area contributed by atoms with Crippen molar-refractivity contribution in [2.45, 2.75) is 19.3 Å². The van der Waals surface area contributed by atoms with Gasteiger partial charge in [-0.2, -0.15) is 0 Å². The molecule has 2 amide bonds. The third kappa shape index (κ3) is 5.21. The Bertz CT molecular complexity index is 785. The molecule has 0 saturated heterocycles. The number of hydrogen-bond donors (Lipinski definition) is 2. The molecule has 0 spiro atoms. The molecule has 3 aromatic rings. The molecule has 2 N–H and O–H groups in total. The third-order valence-electron chi connectivity index (χ3n) is 3.83. The van der Waals surface area contributed by atoms with Crippen LogP contribution in [0.5, 0.6) is 0 Å². The molecule has 2 aromatic carbocycles. The lowest BCUT2D eigenvalue weighted by Crippen LogP contribution is -2.29. The van der Waals surface area contributed by atoms with Crippen molar-refractivity contribution < 1.29 is 9.32 Å². The number of hydrogen-bond acceptors (Lipinski definition) is 3. The Balaban J connectivity index is 1.37. The van der Waals surface area contributed by atoms with Gasteiger partial charge in [-0.25, -0.2) is 4.79 Å². The highest BCUT2D eigenvalue weighted by molar-refractivity contribution is 5.88. The molecule has 0 aliphatic rings. The molecule has 25 heavy (non-hydrogen) atoms. The van der Waals surface area contributed by atoms with Crippen molar-refractivity contribution in [2.24, 2.45) is 0 Å². The van der Waals surface area contributed by atoms with Crippen molar-refractivity contribution in [3.05, 3.63) is 72.3 Å². The largest absolute Gasteiger partial charge is 0.354 e. The molecular formula is C20H21N3O2. The fourth-order valence-corrected chi connectivity index (χ4v) is 2.53. The summed E-state index contributed by atoms with van der Waals surface area (Å²) >= 11 is 0. The number of unbranched alkanes of at least 4 members (excludes halogenated alkanes) is 1. The summed E-state index contributed by atoms with van der Waals surface area (Å²) in [4.78, 5) is 11.9. The number of amides is 2. The Labute approximate surface area is 147 Å². The number of anilines is 1. The van der Waals surface area contributed by atoms with Crippen molar-refractivity contribution in [1.29, 1.82) is 0 Å². The summed E-state index contributed by atoms with van der Waals surface area (Å²) < 4.78 is 5.25. The van der Waals surface area contributed by atoms with Gasteiger partial charge in [0, 0.05) is 18.2 Å². The lowest BCUT2D eigenvalue weighted by molar-refractivity contribution is 0.251. The summed E-state index contributed by atoms with van der Waals surface area (Å²) in [6.07, 6.45) is 2.98. The van der Waals surface area contributed by atoms with E-state index in [9.17, 15) is 4.79 Å². The highest BCUT2D eigenvalue weighted by Crippen LogP contribution is 2.21. The molecular weight excluding hydrogens is 314 g/mol. The molecule has 0 fully saturated rings. The standard InChI is InChI=1S/C20H21N3O2/c24-20(21-14-8-7-11-16-9-3-1-4-10-16)22-19-15-18(25-23-19)17-12-5-2-6-13-17/h1-6,9-10,12-13,15H,7-8,11,14H2,(H2,21,22,23,24). The first kappa shape index (κ1) is 16.8. The average Bonchev–Trinajstić information content (AvgIpc) is 3.11. The Morgan fingerprint density at radius 1 is 0.960 bits per heavy atom.